The van der Waals surface area contributed by atoms with E-state index in [-0.39, 0.29) is 11.6 Å². The zero-order valence-electron chi connectivity index (χ0n) is 18.5. The molecule has 1 aliphatic heterocycles. The summed E-state index contributed by atoms with van der Waals surface area (Å²) in [5.41, 5.74) is 2.07. The Labute approximate surface area is 188 Å². The summed E-state index contributed by atoms with van der Waals surface area (Å²) in [6.07, 6.45) is -4.53. The van der Waals surface area contributed by atoms with Crippen LogP contribution in [0.2, 0.25) is 0 Å². The number of halogens is 3. The highest BCUT2D eigenvalue weighted by Crippen LogP contribution is 2.36. The second-order valence-electron chi connectivity index (χ2n) is 7.87. The predicted octanol–water partition coefficient (Wildman–Crippen LogP) is 3.46. The Bertz CT molecular complexity index is 1190. The van der Waals surface area contributed by atoms with E-state index in [0.717, 1.165) is 23.4 Å². The summed E-state index contributed by atoms with van der Waals surface area (Å²) < 4.78 is 52.4. The van der Waals surface area contributed by atoms with Crippen LogP contribution in [0, 0.1) is 13.8 Å². The van der Waals surface area contributed by atoms with Gasteiger partial charge in [-0.05, 0) is 43.7 Å². The number of alkyl halides is 3. The molecular weight excluding hydrogens is 439 g/mol. The molecule has 0 bridgehead atoms. The fourth-order valence-electron chi connectivity index (χ4n) is 3.86. The Kier molecular flexibility index (Phi) is 6.15. The molecule has 1 amide bonds. The van der Waals surface area contributed by atoms with E-state index in [4.69, 9.17) is 9.47 Å². The fraction of sp³-hybridized carbons (Fsp3) is 0.409. The molecule has 0 saturated carbocycles. The van der Waals surface area contributed by atoms with Gasteiger partial charge in [0.15, 0.2) is 12.3 Å². The number of carbonyl (C=O) groups excluding carboxylic acids is 1. The van der Waals surface area contributed by atoms with Crippen molar-refractivity contribution < 1.29 is 27.4 Å². The lowest BCUT2D eigenvalue weighted by atomic mass is 10.1. The maximum atomic E-state index is 13.3. The molecule has 176 valence electrons. The molecule has 1 N–H and O–H groups in total. The quantitative estimate of drug-likeness (QED) is 0.624. The molecule has 0 aliphatic carbocycles. The van der Waals surface area contributed by atoms with E-state index >= 15 is 0 Å². The molecule has 1 aromatic carbocycles. The number of nitrogens with one attached hydrogen (secondary N) is 1. The van der Waals surface area contributed by atoms with E-state index in [1.807, 2.05) is 24.8 Å². The van der Waals surface area contributed by atoms with Gasteiger partial charge in [0.1, 0.15) is 0 Å². The fourth-order valence-corrected chi connectivity index (χ4v) is 3.86. The van der Waals surface area contributed by atoms with Crippen molar-refractivity contribution in [3.05, 3.63) is 41.1 Å². The highest BCUT2D eigenvalue weighted by atomic mass is 19.4. The third-order valence-electron chi connectivity index (χ3n) is 5.38. The maximum Gasteiger partial charge on any atom is 0.416 e. The van der Waals surface area contributed by atoms with E-state index in [9.17, 15) is 18.0 Å². The number of benzene rings is 1. The average Bonchev–Trinajstić information content (AvgIpc) is 3.08. The van der Waals surface area contributed by atoms with Gasteiger partial charge in [-0.2, -0.15) is 13.2 Å². The normalized spacial score (nSPS) is 14.5. The largest absolute Gasteiger partial charge is 0.466 e. The molecule has 3 aromatic rings. The maximum absolute atomic E-state index is 13.3. The van der Waals surface area contributed by atoms with Crippen molar-refractivity contribution in [3.8, 4) is 5.88 Å². The number of fused-ring (bicyclic) bond motifs is 1. The lowest BCUT2D eigenvalue weighted by Gasteiger charge is -2.31. The van der Waals surface area contributed by atoms with Crippen molar-refractivity contribution in [2.75, 3.05) is 43.1 Å². The van der Waals surface area contributed by atoms with Gasteiger partial charge in [-0.3, -0.25) is 4.79 Å². The van der Waals surface area contributed by atoms with Gasteiger partial charge in [0.05, 0.1) is 35.5 Å². The smallest absolute Gasteiger partial charge is 0.416 e. The molecule has 0 atom stereocenters. The number of aryl methyl sites for hydroxylation is 3. The number of rotatable bonds is 5. The van der Waals surface area contributed by atoms with Crippen molar-refractivity contribution in [2.24, 2.45) is 7.05 Å². The van der Waals surface area contributed by atoms with Crippen molar-refractivity contribution >= 4 is 28.3 Å². The van der Waals surface area contributed by atoms with Gasteiger partial charge in [0, 0.05) is 25.8 Å². The number of hydrogen-bond donors (Lipinski definition) is 1. The van der Waals surface area contributed by atoms with Crippen molar-refractivity contribution in [1.82, 2.24) is 14.8 Å². The number of carbonyl (C=O) groups is 1. The van der Waals surface area contributed by atoms with Crippen LogP contribution in [0.15, 0.2) is 24.3 Å². The Morgan fingerprint density at radius 2 is 1.94 bits per heavy atom. The molecule has 33 heavy (non-hydrogen) atoms. The lowest BCUT2D eigenvalue weighted by molar-refractivity contribution is -0.137. The number of aromatic nitrogens is 3. The molecule has 0 radical (unpaired) electrons. The summed E-state index contributed by atoms with van der Waals surface area (Å²) in [6, 6.07) is 5.20. The number of anilines is 2. The molecule has 4 rings (SSSR count). The van der Waals surface area contributed by atoms with Crippen LogP contribution in [0.5, 0.6) is 5.88 Å². The second kappa shape index (κ2) is 8.89. The van der Waals surface area contributed by atoms with Crippen LogP contribution in [0.3, 0.4) is 0 Å². The monoisotopic (exact) mass is 463 g/mol. The van der Waals surface area contributed by atoms with Crippen LogP contribution >= 0.6 is 0 Å². The molecule has 1 saturated heterocycles. The minimum absolute atomic E-state index is 0.0691. The highest BCUT2D eigenvalue weighted by molar-refractivity contribution is 5.96. The van der Waals surface area contributed by atoms with Gasteiger partial charge >= 0.3 is 6.18 Å². The lowest BCUT2D eigenvalue weighted by Crippen LogP contribution is -2.37. The Morgan fingerprint density at radius 3 is 2.64 bits per heavy atom. The van der Waals surface area contributed by atoms with Gasteiger partial charge in [0.25, 0.3) is 5.91 Å². The summed E-state index contributed by atoms with van der Waals surface area (Å²) in [5, 5.41) is 7.55. The molecule has 2 aromatic heterocycles. The number of pyridine rings is 1. The molecule has 0 spiro atoms. The van der Waals surface area contributed by atoms with Gasteiger partial charge < -0.3 is 19.7 Å². The number of hydrogen-bond acceptors (Lipinski definition) is 6. The van der Waals surface area contributed by atoms with Crippen LogP contribution in [-0.4, -0.2) is 53.6 Å². The van der Waals surface area contributed by atoms with Crippen LogP contribution < -0.4 is 15.0 Å². The van der Waals surface area contributed by atoms with Gasteiger partial charge in [-0.1, -0.05) is 0 Å². The summed E-state index contributed by atoms with van der Waals surface area (Å²) in [4.78, 5) is 19.0. The zero-order chi connectivity index (χ0) is 23.8. The zero-order valence-corrected chi connectivity index (χ0v) is 18.5. The summed E-state index contributed by atoms with van der Waals surface area (Å²) >= 11 is 0. The molecule has 1 fully saturated rings. The molecule has 11 heteroatoms. The summed E-state index contributed by atoms with van der Waals surface area (Å²) in [7, 11) is 1.72. The van der Waals surface area contributed by atoms with Gasteiger partial charge in [0.2, 0.25) is 5.88 Å². The van der Waals surface area contributed by atoms with E-state index in [1.54, 1.807) is 11.7 Å². The molecule has 8 nitrogen and oxygen atoms in total. The van der Waals surface area contributed by atoms with E-state index < -0.39 is 24.3 Å². The molecule has 0 unspecified atom stereocenters. The van der Waals surface area contributed by atoms with Crippen molar-refractivity contribution in [2.45, 2.75) is 20.0 Å². The van der Waals surface area contributed by atoms with E-state index in [0.29, 0.717) is 43.0 Å². The first-order valence-electron chi connectivity index (χ1n) is 10.4. The van der Waals surface area contributed by atoms with Crippen molar-refractivity contribution in [3.63, 3.8) is 0 Å². The molecule has 1 aliphatic rings. The Morgan fingerprint density at radius 1 is 1.21 bits per heavy atom. The van der Waals surface area contributed by atoms with Crippen LogP contribution in [0.4, 0.5) is 24.5 Å². The standard InChI is InChI=1S/C22H24F3N5O3/c1-13-10-14(2)26-20-19(13)21(28-29(20)3)33-12-18(31)27-16-11-15(22(23,24)25)4-5-17(16)30-6-8-32-9-7-30/h4-5,10-11H,6-9,12H2,1-3H3,(H,27,31). The molecular formula is C22H24F3N5O3. The topological polar surface area (TPSA) is 81.5 Å². The van der Waals surface area contributed by atoms with Crippen LogP contribution in [-0.2, 0) is 22.8 Å². The summed E-state index contributed by atoms with van der Waals surface area (Å²) in [6.45, 7) is 5.27. The van der Waals surface area contributed by atoms with E-state index in [1.165, 1.54) is 6.07 Å². The second-order valence-corrected chi connectivity index (χ2v) is 7.87. The third-order valence-corrected chi connectivity index (χ3v) is 5.38. The molecule has 3 heterocycles. The van der Waals surface area contributed by atoms with E-state index in [2.05, 4.69) is 15.4 Å². The Balaban J connectivity index is 1.55. The van der Waals surface area contributed by atoms with Crippen molar-refractivity contribution in [1.29, 1.82) is 0 Å². The number of amides is 1. The predicted molar refractivity (Wildman–Crippen MR) is 117 cm³/mol. The third kappa shape index (κ3) is 4.87. The van der Waals surface area contributed by atoms with Gasteiger partial charge in [-0.25, -0.2) is 9.67 Å². The first-order chi connectivity index (χ1) is 15.6. The van der Waals surface area contributed by atoms with Gasteiger partial charge in [-0.15, -0.1) is 5.10 Å². The number of nitrogens with zero attached hydrogens (tertiary/aromatic N) is 4. The summed E-state index contributed by atoms with van der Waals surface area (Å²) in [5.74, 6) is -0.356. The first-order valence-corrected chi connectivity index (χ1v) is 10.4. The average molecular weight is 463 g/mol. The number of morpholine rings is 1. The minimum atomic E-state index is -4.53. The minimum Gasteiger partial charge on any atom is -0.466 e. The van der Waals surface area contributed by atoms with Crippen LogP contribution in [0.1, 0.15) is 16.8 Å². The number of ether oxygens (including phenoxy) is 2. The first kappa shape index (κ1) is 22.8. The SMILES string of the molecule is Cc1cc(C)c2c(OCC(=O)Nc3cc(C(F)(F)F)ccc3N3CCOCC3)nn(C)c2n1. The Hall–Kier alpha value is -3.34. The van der Waals surface area contributed by atoms with Crippen LogP contribution in [0.25, 0.3) is 11.0 Å². The highest BCUT2D eigenvalue weighted by Gasteiger charge is 2.32.